The van der Waals surface area contributed by atoms with Crippen LogP contribution in [0.2, 0.25) is 5.02 Å². The summed E-state index contributed by atoms with van der Waals surface area (Å²) in [5.74, 6) is 0.985. The molecule has 3 nitrogen and oxygen atoms in total. The highest BCUT2D eigenvalue weighted by molar-refractivity contribution is 6.32. The molecule has 0 atom stereocenters. The normalized spacial score (nSPS) is 13.1. The van der Waals surface area contributed by atoms with Gasteiger partial charge in [-0.3, -0.25) is 0 Å². The molecule has 0 bridgehead atoms. The van der Waals surface area contributed by atoms with Gasteiger partial charge in [0.2, 0.25) is 0 Å². The largest absolute Gasteiger partial charge is 0.486 e. The van der Waals surface area contributed by atoms with E-state index in [0.717, 1.165) is 16.8 Å². The highest BCUT2D eigenvalue weighted by Gasteiger charge is 2.16. The quantitative estimate of drug-likeness (QED) is 0.923. The molecule has 0 radical (unpaired) electrons. The molecular weight excluding hydrogens is 293 g/mol. The zero-order valence-corrected chi connectivity index (χ0v) is 12.3. The van der Waals surface area contributed by atoms with E-state index in [0.29, 0.717) is 36.3 Å². The molecule has 1 aliphatic heterocycles. The molecule has 0 fully saturated rings. The molecule has 5 heteroatoms. The second kappa shape index (κ2) is 5.82. The fraction of sp³-hybridized carbons (Fsp3) is 0.250. The van der Waals surface area contributed by atoms with Gasteiger partial charge in [-0.05, 0) is 42.3 Å². The number of benzene rings is 2. The van der Waals surface area contributed by atoms with Crippen LogP contribution in [-0.4, -0.2) is 13.2 Å². The number of rotatable bonds is 3. The molecule has 0 spiro atoms. The second-order valence-electron chi connectivity index (χ2n) is 4.91. The number of aryl methyl sites for hydroxylation is 1. The van der Waals surface area contributed by atoms with Crippen LogP contribution in [-0.2, 0) is 6.54 Å². The van der Waals surface area contributed by atoms with Gasteiger partial charge in [-0.25, -0.2) is 4.39 Å². The zero-order valence-electron chi connectivity index (χ0n) is 11.6. The van der Waals surface area contributed by atoms with Crippen LogP contribution in [0.5, 0.6) is 11.5 Å². The van der Waals surface area contributed by atoms with E-state index < -0.39 is 0 Å². The molecule has 0 saturated carbocycles. The molecule has 0 aliphatic carbocycles. The van der Waals surface area contributed by atoms with Crippen molar-refractivity contribution in [2.45, 2.75) is 13.5 Å². The summed E-state index contributed by atoms with van der Waals surface area (Å²) in [5.41, 5.74) is 2.70. The van der Waals surface area contributed by atoms with Crippen LogP contribution < -0.4 is 14.8 Å². The highest BCUT2D eigenvalue weighted by Crippen LogP contribution is 2.38. The van der Waals surface area contributed by atoms with Gasteiger partial charge in [0, 0.05) is 12.2 Å². The lowest BCUT2D eigenvalue weighted by atomic mass is 10.1. The lowest BCUT2D eigenvalue weighted by Crippen LogP contribution is -2.16. The van der Waals surface area contributed by atoms with Crippen LogP contribution >= 0.6 is 11.6 Å². The Morgan fingerprint density at radius 1 is 1.19 bits per heavy atom. The summed E-state index contributed by atoms with van der Waals surface area (Å²) in [4.78, 5) is 0. The molecule has 21 heavy (non-hydrogen) atoms. The van der Waals surface area contributed by atoms with E-state index in [4.69, 9.17) is 21.1 Å². The third kappa shape index (κ3) is 3.05. The van der Waals surface area contributed by atoms with Crippen molar-refractivity contribution >= 4 is 17.3 Å². The van der Waals surface area contributed by atoms with Crippen LogP contribution in [0.15, 0.2) is 30.3 Å². The molecule has 0 aromatic heterocycles. The van der Waals surface area contributed by atoms with Crippen LogP contribution in [0.3, 0.4) is 0 Å². The number of halogens is 2. The summed E-state index contributed by atoms with van der Waals surface area (Å²) in [7, 11) is 0. The summed E-state index contributed by atoms with van der Waals surface area (Å²) >= 11 is 6.19. The molecule has 1 heterocycles. The molecule has 110 valence electrons. The Bertz CT molecular complexity index is 676. The Balaban J connectivity index is 1.79. The third-order valence-electron chi connectivity index (χ3n) is 3.34. The minimum absolute atomic E-state index is 0.261. The van der Waals surface area contributed by atoms with Crippen molar-refractivity contribution in [2.75, 3.05) is 18.5 Å². The number of fused-ring (bicyclic) bond motifs is 1. The van der Waals surface area contributed by atoms with E-state index in [1.54, 1.807) is 6.07 Å². The number of hydrogen-bond acceptors (Lipinski definition) is 3. The zero-order chi connectivity index (χ0) is 14.8. The maximum atomic E-state index is 13.3. The van der Waals surface area contributed by atoms with Gasteiger partial charge in [0.15, 0.2) is 11.5 Å². The van der Waals surface area contributed by atoms with Crippen LogP contribution in [0.4, 0.5) is 10.1 Å². The minimum atomic E-state index is -0.261. The predicted octanol–water partition coefficient (Wildman–Crippen LogP) is 4.17. The van der Waals surface area contributed by atoms with Gasteiger partial charge in [-0.15, -0.1) is 0 Å². The highest BCUT2D eigenvalue weighted by atomic mass is 35.5. The summed E-state index contributed by atoms with van der Waals surface area (Å²) in [6.07, 6.45) is 0. The minimum Gasteiger partial charge on any atom is -0.486 e. The summed E-state index contributed by atoms with van der Waals surface area (Å²) in [6.45, 7) is 3.48. The maximum Gasteiger partial charge on any atom is 0.179 e. The second-order valence-corrected chi connectivity index (χ2v) is 5.32. The van der Waals surface area contributed by atoms with Crippen molar-refractivity contribution < 1.29 is 13.9 Å². The van der Waals surface area contributed by atoms with Gasteiger partial charge in [0.25, 0.3) is 0 Å². The first-order valence-corrected chi connectivity index (χ1v) is 7.09. The fourth-order valence-corrected chi connectivity index (χ4v) is 2.54. The van der Waals surface area contributed by atoms with E-state index >= 15 is 0 Å². The Labute approximate surface area is 127 Å². The molecule has 0 unspecified atom stereocenters. The van der Waals surface area contributed by atoms with Crippen molar-refractivity contribution in [2.24, 2.45) is 0 Å². The Morgan fingerprint density at radius 2 is 2.00 bits per heavy atom. The number of anilines is 1. The summed E-state index contributed by atoms with van der Waals surface area (Å²) < 4.78 is 24.3. The molecule has 3 rings (SSSR count). The summed E-state index contributed by atoms with van der Waals surface area (Å²) in [5, 5.41) is 3.74. The summed E-state index contributed by atoms with van der Waals surface area (Å²) in [6, 6.07) is 8.39. The smallest absolute Gasteiger partial charge is 0.179 e. The molecule has 2 aromatic rings. The van der Waals surface area contributed by atoms with E-state index in [1.807, 2.05) is 19.1 Å². The van der Waals surface area contributed by atoms with Gasteiger partial charge in [0.05, 0.1) is 5.02 Å². The van der Waals surface area contributed by atoms with Gasteiger partial charge in [-0.2, -0.15) is 0 Å². The van der Waals surface area contributed by atoms with Gasteiger partial charge >= 0.3 is 0 Å². The van der Waals surface area contributed by atoms with E-state index in [1.165, 1.54) is 12.1 Å². The monoisotopic (exact) mass is 307 g/mol. The molecule has 2 aromatic carbocycles. The average molecular weight is 308 g/mol. The first-order valence-electron chi connectivity index (χ1n) is 6.71. The first kappa shape index (κ1) is 14.0. The van der Waals surface area contributed by atoms with Crippen molar-refractivity contribution in [1.29, 1.82) is 0 Å². The SMILES string of the molecule is Cc1ccc(F)cc1NCc1cc(Cl)c2c(c1)OCCO2. The lowest BCUT2D eigenvalue weighted by molar-refractivity contribution is 0.171. The van der Waals surface area contributed by atoms with Crippen LogP contribution in [0, 0.1) is 12.7 Å². The van der Waals surface area contributed by atoms with E-state index in [-0.39, 0.29) is 5.82 Å². The standard InChI is InChI=1S/C16H15ClFNO2/c1-10-2-3-12(18)8-14(10)19-9-11-6-13(17)16-15(7-11)20-4-5-21-16/h2-3,6-8,19H,4-5,9H2,1H3. The van der Waals surface area contributed by atoms with Gasteiger partial charge in [0.1, 0.15) is 19.0 Å². The fourth-order valence-electron chi connectivity index (χ4n) is 2.25. The lowest BCUT2D eigenvalue weighted by Gasteiger charge is -2.20. The molecule has 1 N–H and O–H groups in total. The van der Waals surface area contributed by atoms with Crippen molar-refractivity contribution in [3.63, 3.8) is 0 Å². The maximum absolute atomic E-state index is 13.3. The molecule has 0 saturated heterocycles. The van der Waals surface area contributed by atoms with Crippen molar-refractivity contribution in [3.8, 4) is 11.5 Å². The van der Waals surface area contributed by atoms with E-state index in [9.17, 15) is 4.39 Å². The molecule has 0 amide bonds. The average Bonchev–Trinajstić information content (AvgIpc) is 2.48. The predicted molar refractivity (Wildman–Crippen MR) is 80.9 cm³/mol. The number of hydrogen-bond donors (Lipinski definition) is 1. The van der Waals surface area contributed by atoms with Gasteiger partial charge in [-0.1, -0.05) is 17.7 Å². The Hall–Kier alpha value is -1.94. The van der Waals surface area contributed by atoms with Crippen LogP contribution in [0.1, 0.15) is 11.1 Å². The van der Waals surface area contributed by atoms with Crippen LogP contribution in [0.25, 0.3) is 0 Å². The Kier molecular flexibility index (Phi) is 3.88. The third-order valence-corrected chi connectivity index (χ3v) is 3.62. The van der Waals surface area contributed by atoms with E-state index in [2.05, 4.69) is 5.32 Å². The molecule has 1 aliphatic rings. The number of nitrogens with one attached hydrogen (secondary N) is 1. The first-order chi connectivity index (χ1) is 10.1. The number of ether oxygens (including phenoxy) is 2. The Morgan fingerprint density at radius 3 is 2.86 bits per heavy atom. The van der Waals surface area contributed by atoms with Gasteiger partial charge < -0.3 is 14.8 Å². The molecular formula is C16H15ClFNO2. The van der Waals surface area contributed by atoms with Crippen molar-refractivity contribution in [1.82, 2.24) is 0 Å². The topological polar surface area (TPSA) is 30.5 Å². The van der Waals surface area contributed by atoms with Crippen molar-refractivity contribution in [3.05, 3.63) is 52.3 Å².